The van der Waals surface area contributed by atoms with Gasteiger partial charge in [-0.05, 0) is 6.07 Å². The van der Waals surface area contributed by atoms with E-state index in [4.69, 9.17) is 5.73 Å². The quantitative estimate of drug-likeness (QED) is 0.474. The summed E-state index contributed by atoms with van der Waals surface area (Å²) in [5.74, 6) is 0. The monoisotopic (exact) mass is 311 g/mol. The smallest absolute Gasteiger partial charge is 0.271 e. The predicted molar refractivity (Wildman–Crippen MR) is 74.7 cm³/mol. The molecule has 10 heteroatoms. The fourth-order valence-corrected chi connectivity index (χ4v) is 3.01. The largest absolute Gasteiger partial charge is 0.397 e. The maximum atomic E-state index is 12.4. The Morgan fingerprint density at radius 3 is 2.71 bits per heavy atom. The minimum Gasteiger partial charge on any atom is -0.397 e. The molecule has 112 valence electrons. The summed E-state index contributed by atoms with van der Waals surface area (Å²) in [7, 11) is -2.45. The van der Waals surface area contributed by atoms with Crippen LogP contribution >= 0.6 is 0 Å². The predicted octanol–water partition coefficient (Wildman–Crippen LogP) is 0.721. The highest BCUT2D eigenvalue weighted by molar-refractivity contribution is 7.89. The Bertz CT molecular complexity index is 757. The number of hydrogen-bond donors (Lipinski definition) is 2. The zero-order chi connectivity index (χ0) is 15.6. The van der Waals surface area contributed by atoms with Gasteiger partial charge in [-0.2, -0.15) is 9.40 Å². The summed E-state index contributed by atoms with van der Waals surface area (Å²) in [6.45, 7) is 0.106. The number of H-pyrrole nitrogens is 1. The molecular weight excluding hydrogens is 298 g/mol. The molecule has 0 saturated carbocycles. The van der Waals surface area contributed by atoms with E-state index < -0.39 is 14.9 Å². The lowest BCUT2D eigenvalue weighted by atomic mass is 10.3. The van der Waals surface area contributed by atoms with Crippen LogP contribution in [-0.4, -0.2) is 34.9 Å². The number of aromatic nitrogens is 2. The summed E-state index contributed by atoms with van der Waals surface area (Å²) < 4.78 is 25.9. The third kappa shape index (κ3) is 3.01. The van der Waals surface area contributed by atoms with Crippen LogP contribution in [0.1, 0.15) is 5.56 Å². The first kappa shape index (κ1) is 14.9. The Labute approximate surface area is 120 Å². The lowest BCUT2D eigenvalue weighted by molar-refractivity contribution is -0.384. The van der Waals surface area contributed by atoms with Gasteiger partial charge in [0.2, 0.25) is 10.0 Å². The van der Waals surface area contributed by atoms with Crippen molar-refractivity contribution in [2.45, 2.75) is 11.4 Å². The van der Waals surface area contributed by atoms with Gasteiger partial charge >= 0.3 is 0 Å². The highest BCUT2D eigenvalue weighted by Crippen LogP contribution is 2.26. The van der Waals surface area contributed by atoms with Crippen molar-refractivity contribution >= 4 is 21.4 Å². The zero-order valence-corrected chi connectivity index (χ0v) is 11.9. The lowest BCUT2D eigenvalue weighted by Gasteiger charge is -2.17. The zero-order valence-electron chi connectivity index (χ0n) is 11.1. The number of nitrogens with zero attached hydrogens (tertiary/aromatic N) is 3. The number of nitro groups is 1. The number of nitrogens with one attached hydrogen (secondary N) is 1. The molecule has 0 amide bonds. The Kier molecular flexibility index (Phi) is 3.91. The third-order valence-corrected chi connectivity index (χ3v) is 4.73. The summed E-state index contributed by atoms with van der Waals surface area (Å²) in [5.41, 5.74) is 5.89. The molecular formula is C11H13N5O4S. The normalized spacial score (nSPS) is 11.7. The molecule has 1 aromatic carbocycles. The van der Waals surface area contributed by atoms with Crippen LogP contribution in [0.2, 0.25) is 0 Å². The summed E-state index contributed by atoms with van der Waals surface area (Å²) in [4.78, 5) is 9.83. The van der Waals surface area contributed by atoms with Crippen LogP contribution in [-0.2, 0) is 16.6 Å². The maximum Gasteiger partial charge on any atom is 0.271 e. The van der Waals surface area contributed by atoms with Crippen molar-refractivity contribution in [3.05, 3.63) is 46.3 Å². The van der Waals surface area contributed by atoms with Gasteiger partial charge in [0.25, 0.3) is 5.69 Å². The molecule has 1 heterocycles. The molecule has 0 bridgehead atoms. The second kappa shape index (κ2) is 5.50. The van der Waals surface area contributed by atoms with E-state index in [1.807, 2.05) is 0 Å². The standard InChI is InChI=1S/C11H13N5O4S/c1-15(7-8-5-13-14-6-8)21(19,20)11-3-2-9(16(17)18)4-10(11)12/h2-6H,7,12H2,1H3,(H,13,14). The SMILES string of the molecule is CN(Cc1cn[nH]c1)S(=O)(=O)c1ccc([N+](=O)[O-])cc1N. The van der Waals surface area contributed by atoms with Gasteiger partial charge in [0.1, 0.15) is 4.90 Å². The van der Waals surface area contributed by atoms with Crippen LogP contribution in [0.25, 0.3) is 0 Å². The first-order valence-corrected chi connectivity index (χ1v) is 7.24. The molecule has 3 N–H and O–H groups in total. The summed E-state index contributed by atoms with van der Waals surface area (Å²) >= 11 is 0. The average molecular weight is 311 g/mol. The van der Waals surface area contributed by atoms with E-state index >= 15 is 0 Å². The molecule has 0 spiro atoms. The molecule has 1 aromatic heterocycles. The minimum absolute atomic E-state index is 0.106. The van der Waals surface area contributed by atoms with Crippen molar-refractivity contribution < 1.29 is 13.3 Å². The van der Waals surface area contributed by atoms with Crippen molar-refractivity contribution in [1.82, 2.24) is 14.5 Å². The maximum absolute atomic E-state index is 12.4. The van der Waals surface area contributed by atoms with Crippen molar-refractivity contribution in [3.8, 4) is 0 Å². The van der Waals surface area contributed by atoms with Crippen LogP contribution in [0.15, 0.2) is 35.5 Å². The fourth-order valence-electron chi connectivity index (χ4n) is 1.76. The number of nitro benzene ring substituents is 1. The number of anilines is 1. The molecule has 0 saturated heterocycles. The Balaban J connectivity index is 2.33. The molecule has 0 unspecified atom stereocenters. The molecule has 0 fully saturated rings. The minimum atomic E-state index is -3.84. The van der Waals surface area contributed by atoms with Crippen LogP contribution in [0, 0.1) is 10.1 Å². The highest BCUT2D eigenvalue weighted by atomic mass is 32.2. The lowest BCUT2D eigenvalue weighted by Crippen LogP contribution is -2.27. The van der Waals surface area contributed by atoms with Gasteiger partial charge in [0, 0.05) is 37.5 Å². The number of hydrogen-bond acceptors (Lipinski definition) is 6. The van der Waals surface area contributed by atoms with E-state index in [9.17, 15) is 18.5 Å². The van der Waals surface area contributed by atoms with Crippen molar-refractivity contribution in [2.24, 2.45) is 0 Å². The molecule has 2 aromatic rings. The number of non-ortho nitro benzene ring substituents is 1. The number of rotatable bonds is 5. The molecule has 9 nitrogen and oxygen atoms in total. The molecule has 0 radical (unpaired) electrons. The summed E-state index contributed by atoms with van der Waals surface area (Å²) in [5, 5.41) is 17.0. The Morgan fingerprint density at radius 1 is 1.48 bits per heavy atom. The van der Waals surface area contributed by atoms with E-state index in [1.165, 1.54) is 13.2 Å². The molecule has 21 heavy (non-hydrogen) atoms. The number of aromatic amines is 1. The Morgan fingerprint density at radius 2 is 2.19 bits per heavy atom. The van der Waals surface area contributed by atoms with Gasteiger partial charge in [-0.15, -0.1) is 0 Å². The number of nitrogen functional groups attached to an aromatic ring is 1. The van der Waals surface area contributed by atoms with Crippen LogP contribution in [0.4, 0.5) is 11.4 Å². The van der Waals surface area contributed by atoms with Crippen LogP contribution in [0.5, 0.6) is 0 Å². The number of benzene rings is 1. The second-order valence-corrected chi connectivity index (χ2v) is 6.36. The van der Waals surface area contributed by atoms with Crippen molar-refractivity contribution in [1.29, 1.82) is 0 Å². The second-order valence-electron chi connectivity index (χ2n) is 4.35. The number of nitrogens with two attached hydrogens (primary N) is 1. The number of sulfonamides is 1. The fraction of sp³-hybridized carbons (Fsp3) is 0.182. The van der Waals surface area contributed by atoms with Crippen LogP contribution < -0.4 is 5.73 Å². The first-order valence-electron chi connectivity index (χ1n) is 5.80. The first-order chi connectivity index (χ1) is 9.82. The van der Waals surface area contributed by atoms with E-state index in [0.717, 1.165) is 22.5 Å². The third-order valence-electron chi connectivity index (χ3n) is 2.85. The summed E-state index contributed by atoms with van der Waals surface area (Å²) in [6.07, 6.45) is 3.08. The molecule has 0 aliphatic carbocycles. The average Bonchev–Trinajstić information content (AvgIpc) is 2.90. The van der Waals surface area contributed by atoms with Gasteiger partial charge in [0.05, 0.1) is 16.8 Å². The van der Waals surface area contributed by atoms with Crippen molar-refractivity contribution in [2.75, 3.05) is 12.8 Å². The summed E-state index contributed by atoms with van der Waals surface area (Å²) in [6, 6.07) is 3.27. The Hall–Kier alpha value is -2.46. The van der Waals surface area contributed by atoms with Gasteiger partial charge in [-0.1, -0.05) is 0 Å². The van der Waals surface area contributed by atoms with E-state index in [-0.39, 0.29) is 22.8 Å². The van der Waals surface area contributed by atoms with Gasteiger partial charge in [0.15, 0.2) is 0 Å². The van der Waals surface area contributed by atoms with Gasteiger partial charge < -0.3 is 5.73 Å². The van der Waals surface area contributed by atoms with Gasteiger partial charge in [-0.3, -0.25) is 15.2 Å². The molecule has 0 aliphatic rings. The van der Waals surface area contributed by atoms with Crippen molar-refractivity contribution in [3.63, 3.8) is 0 Å². The van der Waals surface area contributed by atoms with E-state index in [1.54, 1.807) is 6.20 Å². The highest BCUT2D eigenvalue weighted by Gasteiger charge is 2.25. The van der Waals surface area contributed by atoms with Gasteiger partial charge in [-0.25, -0.2) is 8.42 Å². The molecule has 0 aliphatic heterocycles. The van der Waals surface area contributed by atoms with E-state index in [0.29, 0.717) is 5.56 Å². The molecule has 0 atom stereocenters. The topological polar surface area (TPSA) is 135 Å². The molecule has 2 rings (SSSR count). The van der Waals surface area contributed by atoms with E-state index in [2.05, 4.69) is 10.2 Å². The van der Waals surface area contributed by atoms with Crippen LogP contribution in [0.3, 0.4) is 0 Å².